The number of aromatic carboxylic acids is 1. The Labute approximate surface area is 123 Å². The van der Waals surface area contributed by atoms with Crippen LogP contribution in [0.2, 0.25) is 0 Å². The Morgan fingerprint density at radius 3 is 2.62 bits per heavy atom. The lowest BCUT2D eigenvalue weighted by atomic mass is 10.1. The third kappa shape index (κ3) is 3.88. The Morgan fingerprint density at radius 1 is 1.29 bits per heavy atom. The maximum atomic E-state index is 10.8. The second kappa shape index (κ2) is 6.64. The third-order valence-corrected chi connectivity index (χ3v) is 3.09. The molecule has 0 fully saturated rings. The maximum Gasteiger partial charge on any atom is 0.335 e. The SMILES string of the molecule is CN(Cc1ccc(C(=O)O)cc1)Cc1cccnc1C#N. The minimum Gasteiger partial charge on any atom is -0.478 e. The monoisotopic (exact) mass is 281 g/mol. The van der Waals surface area contributed by atoms with Crippen molar-refractivity contribution in [2.75, 3.05) is 7.05 Å². The molecule has 0 aliphatic carbocycles. The second-order valence-electron chi connectivity index (χ2n) is 4.80. The first-order chi connectivity index (χ1) is 10.1. The molecule has 0 saturated carbocycles. The van der Waals surface area contributed by atoms with Gasteiger partial charge in [0, 0.05) is 24.8 Å². The van der Waals surface area contributed by atoms with Crippen molar-refractivity contribution in [1.29, 1.82) is 5.26 Å². The maximum absolute atomic E-state index is 10.8. The van der Waals surface area contributed by atoms with E-state index in [2.05, 4.69) is 11.1 Å². The molecule has 1 N–H and O–H groups in total. The molecule has 2 aromatic rings. The van der Waals surface area contributed by atoms with Gasteiger partial charge in [-0.1, -0.05) is 18.2 Å². The Hall–Kier alpha value is -2.71. The van der Waals surface area contributed by atoms with Crippen molar-refractivity contribution in [3.63, 3.8) is 0 Å². The van der Waals surface area contributed by atoms with Gasteiger partial charge in [0.25, 0.3) is 0 Å². The van der Waals surface area contributed by atoms with Gasteiger partial charge >= 0.3 is 5.97 Å². The molecular weight excluding hydrogens is 266 g/mol. The van der Waals surface area contributed by atoms with E-state index in [0.29, 0.717) is 18.8 Å². The molecule has 0 spiro atoms. The summed E-state index contributed by atoms with van der Waals surface area (Å²) in [4.78, 5) is 16.9. The van der Waals surface area contributed by atoms with E-state index in [0.717, 1.165) is 11.1 Å². The normalized spacial score (nSPS) is 10.3. The van der Waals surface area contributed by atoms with Gasteiger partial charge in [0.2, 0.25) is 0 Å². The van der Waals surface area contributed by atoms with Crippen LogP contribution in [-0.2, 0) is 13.1 Å². The average molecular weight is 281 g/mol. The molecule has 0 aliphatic heterocycles. The Morgan fingerprint density at radius 2 is 2.00 bits per heavy atom. The molecule has 0 radical (unpaired) electrons. The van der Waals surface area contributed by atoms with E-state index in [1.54, 1.807) is 30.5 Å². The second-order valence-corrected chi connectivity index (χ2v) is 4.80. The van der Waals surface area contributed by atoms with Gasteiger partial charge < -0.3 is 5.11 Å². The number of nitriles is 1. The van der Waals surface area contributed by atoms with E-state index in [4.69, 9.17) is 10.4 Å². The highest BCUT2D eigenvalue weighted by Gasteiger charge is 2.07. The van der Waals surface area contributed by atoms with Crippen LogP contribution in [0.5, 0.6) is 0 Å². The van der Waals surface area contributed by atoms with Crippen molar-refractivity contribution in [1.82, 2.24) is 9.88 Å². The number of hydrogen-bond donors (Lipinski definition) is 1. The molecule has 1 aromatic heterocycles. The van der Waals surface area contributed by atoms with Crippen LogP contribution in [0.15, 0.2) is 42.6 Å². The smallest absolute Gasteiger partial charge is 0.335 e. The summed E-state index contributed by atoms with van der Waals surface area (Å²) >= 11 is 0. The van der Waals surface area contributed by atoms with Crippen molar-refractivity contribution in [2.24, 2.45) is 0 Å². The molecule has 0 bridgehead atoms. The fourth-order valence-corrected chi connectivity index (χ4v) is 2.08. The first-order valence-electron chi connectivity index (χ1n) is 6.45. The quantitative estimate of drug-likeness (QED) is 0.909. The van der Waals surface area contributed by atoms with Gasteiger partial charge in [-0.05, 0) is 30.8 Å². The lowest BCUT2D eigenvalue weighted by Gasteiger charge is -2.17. The Kier molecular flexibility index (Phi) is 4.64. The number of carboxylic acids is 1. The van der Waals surface area contributed by atoms with Crippen molar-refractivity contribution in [2.45, 2.75) is 13.1 Å². The number of rotatable bonds is 5. The van der Waals surface area contributed by atoms with Crippen LogP contribution in [0.25, 0.3) is 0 Å². The zero-order valence-electron chi connectivity index (χ0n) is 11.7. The van der Waals surface area contributed by atoms with E-state index in [1.807, 2.05) is 24.1 Å². The lowest BCUT2D eigenvalue weighted by molar-refractivity contribution is 0.0697. The minimum absolute atomic E-state index is 0.278. The summed E-state index contributed by atoms with van der Waals surface area (Å²) in [6.45, 7) is 1.27. The zero-order chi connectivity index (χ0) is 15.2. The summed E-state index contributed by atoms with van der Waals surface area (Å²) in [6, 6.07) is 12.6. The van der Waals surface area contributed by atoms with Crippen molar-refractivity contribution in [3.05, 3.63) is 65.0 Å². The van der Waals surface area contributed by atoms with E-state index < -0.39 is 5.97 Å². The van der Waals surface area contributed by atoms with Crippen molar-refractivity contribution in [3.8, 4) is 6.07 Å². The predicted octanol–water partition coefficient (Wildman–Crippen LogP) is 2.28. The number of benzene rings is 1. The fraction of sp³-hybridized carbons (Fsp3) is 0.188. The molecular formula is C16H15N3O2. The van der Waals surface area contributed by atoms with Crippen LogP contribution in [0.1, 0.15) is 27.2 Å². The number of carboxylic acid groups (broad SMARTS) is 1. The van der Waals surface area contributed by atoms with Gasteiger partial charge in [0.1, 0.15) is 11.8 Å². The van der Waals surface area contributed by atoms with Gasteiger partial charge in [-0.25, -0.2) is 9.78 Å². The summed E-state index contributed by atoms with van der Waals surface area (Å²) < 4.78 is 0. The van der Waals surface area contributed by atoms with Crippen LogP contribution in [0.4, 0.5) is 0 Å². The molecule has 0 atom stereocenters. The zero-order valence-corrected chi connectivity index (χ0v) is 11.7. The number of nitrogens with zero attached hydrogens (tertiary/aromatic N) is 3. The summed E-state index contributed by atoms with van der Waals surface area (Å²) in [5, 5.41) is 17.9. The summed E-state index contributed by atoms with van der Waals surface area (Å²) in [5.74, 6) is -0.927. The largest absolute Gasteiger partial charge is 0.478 e. The van der Waals surface area contributed by atoms with E-state index >= 15 is 0 Å². The summed E-state index contributed by atoms with van der Waals surface area (Å²) in [7, 11) is 1.94. The number of pyridine rings is 1. The van der Waals surface area contributed by atoms with Gasteiger partial charge in [-0.15, -0.1) is 0 Å². The standard InChI is InChI=1S/C16H15N3O2/c1-19(11-14-3-2-8-18-15(14)9-17)10-12-4-6-13(7-5-12)16(20)21/h2-8H,10-11H2,1H3,(H,20,21). The average Bonchev–Trinajstić information content (AvgIpc) is 2.48. The molecule has 5 nitrogen and oxygen atoms in total. The molecule has 5 heteroatoms. The van der Waals surface area contributed by atoms with Crippen LogP contribution in [0.3, 0.4) is 0 Å². The third-order valence-electron chi connectivity index (χ3n) is 3.09. The van der Waals surface area contributed by atoms with Crippen molar-refractivity contribution >= 4 is 5.97 Å². The lowest BCUT2D eigenvalue weighted by Crippen LogP contribution is -2.18. The predicted molar refractivity (Wildman–Crippen MR) is 77.5 cm³/mol. The highest BCUT2D eigenvalue weighted by Crippen LogP contribution is 2.11. The van der Waals surface area contributed by atoms with Crippen molar-refractivity contribution < 1.29 is 9.90 Å². The summed E-state index contributed by atoms with van der Waals surface area (Å²) in [6.07, 6.45) is 1.60. The molecule has 0 aliphatic rings. The molecule has 1 aromatic carbocycles. The molecule has 0 saturated heterocycles. The molecule has 106 valence electrons. The van der Waals surface area contributed by atoms with Crippen LogP contribution in [-0.4, -0.2) is 28.0 Å². The first kappa shape index (κ1) is 14.7. The molecule has 0 unspecified atom stereocenters. The first-order valence-corrected chi connectivity index (χ1v) is 6.45. The minimum atomic E-state index is -0.927. The number of aromatic nitrogens is 1. The Balaban J connectivity index is 2.03. The van der Waals surface area contributed by atoms with Gasteiger partial charge in [0.05, 0.1) is 5.56 Å². The molecule has 0 amide bonds. The van der Waals surface area contributed by atoms with Gasteiger partial charge in [0.15, 0.2) is 0 Å². The molecule has 2 rings (SSSR count). The fourth-order valence-electron chi connectivity index (χ4n) is 2.08. The van der Waals surface area contributed by atoms with E-state index in [9.17, 15) is 4.79 Å². The van der Waals surface area contributed by atoms with Crippen LogP contribution in [0, 0.1) is 11.3 Å². The van der Waals surface area contributed by atoms with E-state index in [1.165, 1.54) is 0 Å². The van der Waals surface area contributed by atoms with Gasteiger partial charge in [-0.2, -0.15) is 5.26 Å². The number of hydrogen-bond acceptors (Lipinski definition) is 4. The van der Waals surface area contributed by atoms with Crippen LogP contribution < -0.4 is 0 Å². The van der Waals surface area contributed by atoms with Gasteiger partial charge in [-0.3, -0.25) is 4.90 Å². The molecule has 21 heavy (non-hydrogen) atoms. The highest BCUT2D eigenvalue weighted by atomic mass is 16.4. The highest BCUT2D eigenvalue weighted by molar-refractivity contribution is 5.87. The van der Waals surface area contributed by atoms with Crippen LogP contribution >= 0.6 is 0 Å². The summed E-state index contributed by atoms with van der Waals surface area (Å²) in [5.41, 5.74) is 2.61. The Bertz CT molecular complexity index is 675. The molecule has 1 heterocycles. The number of carbonyl (C=O) groups is 1. The van der Waals surface area contributed by atoms with E-state index in [-0.39, 0.29) is 5.56 Å². The topological polar surface area (TPSA) is 77.2 Å².